The number of nitrogens with zero attached hydrogens (tertiary/aromatic N) is 1. The summed E-state index contributed by atoms with van der Waals surface area (Å²) in [5.41, 5.74) is 0.931. The summed E-state index contributed by atoms with van der Waals surface area (Å²) in [6.07, 6.45) is 1.75. The molecule has 1 rings (SSSR count). The molecule has 0 radical (unpaired) electrons. The molecule has 0 atom stereocenters. The minimum atomic E-state index is -3.67. The molecule has 1 aromatic rings. The highest BCUT2D eigenvalue weighted by Gasteiger charge is 1.92. The number of hydrogen-bond acceptors (Lipinski definition) is 2. The van der Waals surface area contributed by atoms with Crippen LogP contribution in [-0.4, -0.2) is 18.8 Å². The summed E-state index contributed by atoms with van der Waals surface area (Å²) in [7, 11) is 1.64. The van der Waals surface area contributed by atoms with Gasteiger partial charge >= 0.3 is 6.68 Å². The molecule has 0 aliphatic rings. The van der Waals surface area contributed by atoms with E-state index >= 15 is 0 Å². The number of aryl methyl sites for hydroxylation is 1. The Labute approximate surface area is 74.4 Å². The van der Waals surface area contributed by atoms with Crippen molar-refractivity contribution in [3.63, 3.8) is 0 Å². The minimum absolute atomic E-state index is 0.845. The lowest BCUT2D eigenvalue weighted by molar-refractivity contribution is 0.00819. The maximum atomic E-state index is 9.67. The zero-order chi connectivity index (χ0) is 10.3. The summed E-state index contributed by atoms with van der Waals surface area (Å²) in [5.74, 6) is 0.845. The van der Waals surface area contributed by atoms with Gasteiger partial charge in [-0.15, -0.1) is 0 Å². The zero-order valence-corrected chi connectivity index (χ0v) is 7.30. The molecular weight excluding hydrogens is 183 g/mol. The van der Waals surface area contributed by atoms with E-state index in [1.54, 1.807) is 13.3 Å². The Bertz CT molecular complexity index is 240. The number of alkyl halides is 3. The highest BCUT2D eigenvalue weighted by molar-refractivity contribution is 5.24. The van der Waals surface area contributed by atoms with Crippen molar-refractivity contribution in [3.05, 3.63) is 24.0 Å². The fourth-order valence-corrected chi connectivity index (χ4v) is 0.685. The molecule has 5 heteroatoms. The molecular formula is C8H10F3NO. The van der Waals surface area contributed by atoms with E-state index in [2.05, 4.69) is 4.98 Å². The monoisotopic (exact) mass is 193 g/mol. The molecule has 0 aromatic carbocycles. The molecule has 1 heterocycles. The van der Waals surface area contributed by atoms with E-state index in [-0.39, 0.29) is 0 Å². The Hall–Kier alpha value is -1.26. The molecule has 1 aromatic heterocycles. The fourth-order valence-electron chi connectivity index (χ4n) is 0.685. The van der Waals surface area contributed by atoms with E-state index in [1.807, 2.05) is 19.1 Å². The molecule has 2 nitrogen and oxygen atoms in total. The molecule has 0 aliphatic carbocycles. The van der Waals surface area contributed by atoms with Crippen LogP contribution in [0, 0.1) is 6.92 Å². The van der Waals surface area contributed by atoms with Crippen molar-refractivity contribution in [2.75, 3.05) is 7.11 Å². The van der Waals surface area contributed by atoms with Crippen LogP contribution in [0.25, 0.3) is 0 Å². The molecule has 0 aliphatic heterocycles. The first kappa shape index (κ1) is 11.7. The average molecular weight is 193 g/mol. The van der Waals surface area contributed by atoms with Gasteiger partial charge < -0.3 is 4.74 Å². The number of rotatable bonds is 1. The predicted molar refractivity (Wildman–Crippen MR) is 42.6 cm³/mol. The SMILES string of the molecule is COc1cccnc1C.FC(F)F. The molecule has 0 fully saturated rings. The van der Waals surface area contributed by atoms with E-state index in [4.69, 9.17) is 4.74 Å². The number of hydrogen-bond donors (Lipinski definition) is 0. The molecule has 13 heavy (non-hydrogen) atoms. The van der Waals surface area contributed by atoms with Crippen LogP contribution in [-0.2, 0) is 0 Å². The van der Waals surface area contributed by atoms with E-state index in [1.165, 1.54) is 0 Å². The Kier molecular flexibility index (Phi) is 5.67. The van der Waals surface area contributed by atoms with Gasteiger partial charge in [0.05, 0.1) is 12.8 Å². The Morgan fingerprint density at radius 1 is 1.38 bits per heavy atom. The number of pyridine rings is 1. The lowest BCUT2D eigenvalue weighted by atomic mass is 10.3. The van der Waals surface area contributed by atoms with Gasteiger partial charge in [0.25, 0.3) is 0 Å². The third-order valence-corrected chi connectivity index (χ3v) is 1.18. The highest BCUT2D eigenvalue weighted by Crippen LogP contribution is 2.11. The third kappa shape index (κ3) is 5.95. The minimum Gasteiger partial charge on any atom is -0.495 e. The summed E-state index contributed by atoms with van der Waals surface area (Å²) in [4.78, 5) is 4.02. The van der Waals surface area contributed by atoms with Crippen molar-refractivity contribution in [2.24, 2.45) is 0 Å². The van der Waals surface area contributed by atoms with Crippen molar-refractivity contribution in [1.29, 1.82) is 0 Å². The molecule has 74 valence electrons. The van der Waals surface area contributed by atoms with Crippen LogP contribution in [0.2, 0.25) is 0 Å². The van der Waals surface area contributed by atoms with Crippen LogP contribution in [0.5, 0.6) is 5.75 Å². The largest absolute Gasteiger partial charge is 0.495 e. The van der Waals surface area contributed by atoms with Crippen molar-refractivity contribution >= 4 is 0 Å². The van der Waals surface area contributed by atoms with Gasteiger partial charge in [0.1, 0.15) is 5.75 Å². The lowest BCUT2D eigenvalue weighted by Crippen LogP contribution is -1.87. The Morgan fingerprint density at radius 2 is 1.92 bits per heavy atom. The van der Waals surface area contributed by atoms with Gasteiger partial charge in [-0.3, -0.25) is 4.98 Å². The summed E-state index contributed by atoms with van der Waals surface area (Å²) in [5, 5.41) is 0. The van der Waals surface area contributed by atoms with E-state index in [0.29, 0.717) is 0 Å². The summed E-state index contributed by atoms with van der Waals surface area (Å²) >= 11 is 0. The molecule has 0 amide bonds. The van der Waals surface area contributed by atoms with Gasteiger partial charge in [-0.25, -0.2) is 0 Å². The average Bonchev–Trinajstić information content (AvgIpc) is 2.04. The van der Waals surface area contributed by atoms with Gasteiger partial charge in [-0.05, 0) is 19.1 Å². The van der Waals surface area contributed by atoms with E-state index in [9.17, 15) is 13.2 Å². The Morgan fingerprint density at radius 3 is 2.23 bits per heavy atom. The van der Waals surface area contributed by atoms with Crippen LogP contribution in [0.4, 0.5) is 13.2 Å². The van der Waals surface area contributed by atoms with Crippen LogP contribution < -0.4 is 4.74 Å². The van der Waals surface area contributed by atoms with Crippen molar-refractivity contribution in [2.45, 2.75) is 13.6 Å². The summed E-state index contributed by atoms with van der Waals surface area (Å²) in [6, 6.07) is 3.74. The van der Waals surface area contributed by atoms with Crippen LogP contribution in [0.1, 0.15) is 5.69 Å². The predicted octanol–water partition coefficient (Wildman–Crippen LogP) is 2.58. The molecule has 0 saturated carbocycles. The second-order valence-corrected chi connectivity index (χ2v) is 2.04. The fraction of sp³-hybridized carbons (Fsp3) is 0.375. The van der Waals surface area contributed by atoms with Crippen LogP contribution in [0.3, 0.4) is 0 Å². The zero-order valence-electron chi connectivity index (χ0n) is 7.30. The summed E-state index contributed by atoms with van der Waals surface area (Å²) in [6.45, 7) is -1.75. The smallest absolute Gasteiger partial charge is 0.379 e. The van der Waals surface area contributed by atoms with Crippen LogP contribution >= 0.6 is 0 Å². The lowest BCUT2D eigenvalue weighted by Gasteiger charge is -1.99. The Balaban J connectivity index is 0.000000310. The third-order valence-electron chi connectivity index (χ3n) is 1.18. The van der Waals surface area contributed by atoms with Gasteiger partial charge in [-0.2, -0.15) is 13.2 Å². The normalized spacial score (nSPS) is 9.08. The van der Waals surface area contributed by atoms with Crippen molar-refractivity contribution in [1.82, 2.24) is 4.98 Å². The maximum absolute atomic E-state index is 9.67. The van der Waals surface area contributed by atoms with Gasteiger partial charge in [0.15, 0.2) is 0 Å². The van der Waals surface area contributed by atoms with Crippen molar-refractivity contribution < 1.29 is 17.9 Å². The number of methoxy groups -OCH3 is 1. The first-order valence-electron chi connectivity index (χ1n) is 3.45. The maximum Gasteiger partial charge on any atom is 0.379 e. The van der Waals surface area contributed by atoms with Gasteiger partial charge in [0.2, 0.25) is 0 Å². The second-order valence-electron chi connectivity index (χ2n) is 2.04. The first-order chi connectivity index (χ1) is 6.07. The van der Waals surface area contributed by atoms with Gasteiger partial charge in [-0.1, -0.05) is 0 Å². The molecule has 0 saturated heterocycles. The highest BCUT2D eigenvalue weighted by atomic mass is 19.4. The number of aromatic nitrogens is 1. The number of ether oxygens (including phenoxy) is 1. The van der Waals surface area contributed by atoms with Gasteiger partial charge in [0, 0.05) is 6.20 Å². The molecule has 0 N–H and O–H groups in total. The topological polar surface area (TPSA) is 22.1 Å². The number of halogens is 3. The standard InChI is InChI=1S/C7H9NO.CHF3/c1-6-7(9-2)4-3-5-8-6;2-1(3)4/h3-5H,1-2H3;1H. The van der Waals surface area contributed by atoms with Crippen molar-refractivity contribution in [3.8, 4) is 5.75 Å². The van der Waals surface area contributed by atoms with E-state index in [0.717, 1.165) is 11.4 Å². The molecule has 0 bridgehead atoms. The first-order valence-corrected chi connectivity index (χ1v) is 3.45. The quantitative estimate of drug-likeness (QED) is 0.683. The molecule has 0 spiro atoms. The van der Waals surface area contributed by atoms with Crippen LogP contribution in [0.15, 0.2) is 18.3 Å². The van der Waals surface area contributed by atoms with E-state index < -0.39 is 6.68 Å². The second kappa shape index (κ2) is 6.28. The summed E-state index contributed by atoms with van der Waals surface area (Å²) < 4.78 is 34.0. The molecule has 0 unspecified atom stereocenters.